The highest BCUT2D eigenvalue weighted by Crippen LogP contribution is 2.36. The van der Waals surface area contributed by atoms with Gasteiger partial charge in [0.2, 0.25) is 0 Å². The number of para-hydroxylation sites is 1. The normalized spacial score (nSPS) is 12.4. The molecule has 0 fully saturated rings. The van der Waals surface area contributed by atoms with Gasteiger partial charge in [0.25, 0.3) is 0 Å². The quantitative estimate of drug-likeness (QED) is 0.0626. The molecule has 104 heavy (non-hydrogen) atoms. The van der Waals surface area contributed by atoms with Crippen LogP contribution in [0.2, 0.25) is 0 Å². The maximum atomic E-state index is 13.4. The Morgan fingerprint density at radius 1 is 0.308 bits per heavy atom. The molecule has 0 aliphatic rings. The lowest BCUT2D eigenvalue weighted by molar-refractivity contribution is -0.136. The third-order valence-corrected chi connectivity index (χ3v) is 16.6. The van der Waals surface area contributed by atoms with Crippen LogP contribution in [0.4, 0.5) is 35.1 Å². The summed E-state index contributed by atoms with van der Waals surface area (Å²) in [6.07, 6.45) is -4.37. The first-order valence-electron chi connectivity index (χ1n) is 34.7. The van der Waals surface area contributed by atoms with Gasteiger partial charge in [-0.25, -0.2) is 56.8 Å². The van der Waals surface area contributed by atoms with E-state index in [1.807, 2.05) is 62.3 Å². The molecule has 22 heteroatoms. The Morgan fingerprint density at radius 2 is 0.663 bits per heavy atom. The summed E-state index contributed by atoms with van der Waals surface area (Å²) >= 11 is 0. The first kappa shape index (κ1) is 80.0. The highest BCUT2D eigenvalue weighted by molar-refractivity contribution is 5.82. The molecule has 14 aromatic rings. The van der Waals surface area contributed by atoms with E-state index in [0.29, 0.717) is 34.4 Å². The van der Waals surface area contributed by atoms with E-state index in [1.165, 1.54) is 39.9 Å². The number of hydrogen-bond acceptors (Lipinski definition) is 7. The van der Waals surface area contributed by atoms with Crippen molar-refractivity contribution in [3.8, 4) is 0 Å². The zero-order valence-electron chi connectivity index (χ0n) is 64.5. The fourth-order valence-electron chi connectivity index (χ4n) is 10.6. The molecule has 0 aliphatic carbocycles. The van der Waals surface area contributed by atoms with Crippen LogP contribution in [0.1, 0.15) is 219 Å². The molecule has 7 N–H and O–H groups in total. The van der Waals surface area contributed by atoms with Crippen molar-refractivity contribution in [2.75, 3.05) is 0 Å². The van der Waals surface area contributed by atoms with Crippen molar-refractivity contribution in [3.63, 3.8) is 0 Å². The van der Waals surface area contributed by atoms with Gasteiger partial charge in [-0.15, -0.1) is 0 Å². The minimum Gasteiger partial charge on any atom is -0.342 e. The lowest BCUT2D eigenvalue weighted by atomic mass is 9.96. The molecule has 0 unspecified atom stereocenters. The summed E-state index contributed by atoms with van der Waals surface area (Å²) in [7, 11) is 0. The fourth-order valence-corrected chi connectivity index (χ4v) is 10.6. The first-order valence-corrected chi connectivity index (χ1v) is 34.7. The minimum absolute atomic E-state index is 0.00933. The molecular weight excluding hydrogens is 1330 g/mol. The number of nitrogens with zero attached hydrogens (tertiary/aromatic N) is 7. The highest BCUT2D eigenvalue weighted by Gasteiger charge is 2.35. The Kier molecular flexibility index (Phi) is 23.2. The standard InChI is InChI=1S/C13H18N2.C12H13F3N2.2C12H16N2.C11H11F3N2.C11H12F2N2.C11H14N2/c1-8-6-9(2)11-10(7-8)14-12(15-11)13(3,4)5;1-11(2,3)10-16-8-6-4-5-7(9(8)17-10)12(13,14)15;2*1-8-5-6-9-10(7-8)14-11(13-9)12(2,3)4;1-11(2,3)10-15-6-4-5(12)7(13)8(14)9(6)16-10;1-11(2,3)10-14-8-5-6(12)4-7(13)9(8)15-10;1-7(2)11-12-9-5-4-8(3)6-10(9)13-11/h6-7H,1-5H3,(H,14,15);4-6H,1-3H3,(H,16,17);2*5-7H,1-4H3,(H,13,14);4H,1-3H3,(H,15,16);4-5H,1-3H3,(H,14,15);4-7H,1-3H3,(H,12,13). The van der Waals surface area contributed by atoms with E-state index >= 15 is 0 Å². The molecule has 14 nitrogen and oxygen atoms in total. The zero-order valence-corrected chi connectivity index (χ0v) is 64.5. The number of hydrogen-bond donors (Lipinski definition) is 7. The van der Waals surface area contributed by atoms with E-state index in [-0.39, 0.29) is 54.6 Å². The van der Waals surface area contributed by atoms with Crippen LogP contribution in [0.3, 0.4) is 0 Å². The molecule has 0 radical (unpaired) electrons. The average Bonchev–Trinajstić information content (AvgIpc) is 1.62. The van der Waals surface area contributed by atoms with Gasteiger partial charge in [-0.1, -0.05) is 169 Å². The summed E-state index contributed by atoms with van der Waals surface area (Å²) < 4.78 is 104. The van der Waals surface area contributed by atoms with E-state index in [1.54, 1.807) is 6.07 Å². The molecule has 7 heterocycles. The van der Waals surface area contributed by atoms with Crippen LogP contribution in [-0.2, 0) is 38.7 Å². The number of H-pyrrole nitrogens is 7. The van der Waals surface area contributed by atoms with Gasteiger partial charge in [0.15, 0.2) is 23.3 Å². The smallest absolute Gasteiger partial charge is 0.342 e. The molecule has 7 aromatic carbocycles. The van der Waals surface area contributed by atoms with Gasteiger partial charge < -0.3 is 34.9 Å². The van der Waals surface area contributed by atoms with Gasteiger partial charge in [0.1, 0.15) is 63.1 Å². The van der Waals surface area contributed by atoms with Crippen molar-refractivity contribution in [2.45, 2.75) is 218 Å². The Morgan fingerprint density at radius 3 is 1.10 bits per heavy atom. The zero-order chi connectivity index (χ0) is 77.5. The Bertz CT molecular complexity index is 5130. The summed E-state index contributed by atoms with van der Waals surface area (Å²) in [6.45, 7) is 51.5. The van der Waals surface area contributed by atoms with Gasteiger partial charge in [-0.3, -0.25) is 0 Å². The topological polar surface area (TPSA) is 201 Å². The SMILES string of the molecule is CC(C)(C)c1nc2c(C(F)(F)F)cccc2[nH]1.CC(C)(C)c1nc2c(F)c(F)c(F)cc2[nH]1.CC(C)(C)c1nc2c(F)cc(F)cc2[nH]1.Cc1cc(C)c2nc(C(C)(C)C)[nH]c2c1.Cc1ccc2nc(C(C)(C)C)[nH]c2c1.Cc1ccc2nc(C(C)(C)C)[nH]c2c1.Cc1ccc2nc(C(C)C)[nH]c2c1. The third kappa shape index (κ3) is 19.8. The number of halogens is 8. The van der Waals surface area contributed by atoms with Crippen LogP contribution in [0, 0.1) is 63.7 Å². The van der Waals surface area contributed by atoms with Crippen LogP contribution >= 0.6 is 0 Å². The summed E-state index contributed by atoms with van der Waals surface area (Å²) in [4.78, 5) is 52.6. The largest absolute Gasteiger partial charge is 0.418 e. The lowest BCUT2D eigenvalue weighted by Crippen LogP contribution is -2.13. The molecule has 0 saturated carbocycles. The molecular formula is C82H100F8N14. The second-order valence-corrected chi connectivity index (χ2v) is 33.2. The molecule has 0 saturated heterocycles. The monoisotopic (exact) mass is 1430 g/mol. The number of nitrogens with one attached hydrogen (secondary N) is 7. The summed E-state index contributed by atoms with van der Waals surface area (Å²) in [6, 6.07) is 30.3. The molecule has 0 aliphatic heterocycles. The second kappa shape index (κ2) is 30.2. The Hall–Kier alpha value is -9.73. The number of rotatable bonds is 1. The number of benzene rings is 7. The van der Waals surface area contributed by atoms with E-state index in [9.17, 15) is 35.1 Å². The van der Waals surface area contributed by atoms with Gasteiger partial charge in [0, 0.05) is 50.5 Å². The van der Waals surface area contributed by atoms with E-state index in [2.05, 4.69) is 247 Å². The predicted octanol–water partition coefficient (Wildman–Crippen LogP) is 23.1. The van der Waals surface area contributed by atoms with E-state index in [4.69, 9.17) is 0 Å². The van der Waals surface area contributed by atoms with Crippen molar-refractivity contribution in [2.24, 2.45) is 0 Å². The number of aromatic amines is 7. The summed E-state index contributed by atoms with van der Waals surface area (Å²) in [5.74, 6) is 1.24. The number of aryl methyl sites for hydroxylation is 5. The van der Waals surface area contributed by atoms with Gasteiger partial charge in [0.05, 0.1) is 66.2 Å². The Labute approximate surface area is 603 Å². The number of alkyl halides is 3. The predicted molar refractivity (Wildman–Crippen MR) is 407 cm³/mol. The van der Waals surface area contributed by atoms with E-state index in [0.717, 1.165) is 85.6 Å². The molecule has 0 bridgehead atoms. The number of fused-ring (bicyclic) bond motifs is 7. The maximum absolute atomic E-state index is 13.4. The van der Waals surface area contributed by atoms with Crippen molar-refractivity contribution < 1.29 is 35.1 Å². The van der Waals surface area contributed by atoms with Crippen LogP contribution in [0.25, 0.3) is 77.2 Å². The van der Waals surface area contributed by atoms with Crippen molar-refractivity contribution in [1.82, 2.24) is 69.8 Å². The molecule has 14 rings (SSSR count). The molecule has 554 valence electrons. The average molecular weight is 1430 g/mol. The number of imidazole rings is 7. The van der Waals surface area contributed by atoms with Crippen LogP contribution in [0.15, 0.2) is 103 Å². The van der Waals surface area contributed by atoms with Crippen molar-refractivity contribution >= 4 is 77.2 Å². The molecule has 0 amide bonds. The fraction of sp³-hybridized carbons (Fsp3) is 0.402. The van der Waals surface area contributed by atoms with Crippen LogP contribution in [0.5, 0.6) is 0 Å². The van der Waals surface area contributed by atoms with Gasteiger partial charge in [-0.05, 0) is 123 Å². The first-order chi connectivity index (χ1) is 47.8. The van der Waals surface area contributed by atoms with Gasteiger partial charge >= 0.3 is 6.18 Å². The molecule has 0 spiro atoms. The van der Waals surface area contributed by atoms with Crippen LogP contribution in [-0.4, -0.2) is 69.8 Å². The highest BCUT2D eigenvalue weighted by atomic mass is 19.4. The summed E-state index contributed by atoms with van der Waals surface area (Å²) in [5, 5.41) is 0. The van der Waals surface area contributed by atoms with Crippen LogP contribution < -0.4 is 0 Å². The molecule has 7 aromatic heterocycles. The summed E-state index contributed by atoms with van der Waals surface area (Å²) in [5.41, 5.74) is 14.9. The molecule has 0 atom stereocenters. The second-order valence-electron chi connectivity index (χ2n) is 33.2. The van der Waals surface area contributed by atoms with Gasteiger partial charge in [-0.2, -0.15) is 13.2 Å². The maximum Gasteiger partial charge on any atom is 0.418 e. The third-order valence-electron chi connectivity index (χ3n) is 16.6. The minimum atomic E-state index is -4.37. The van der Waals surface area contributed by atoms with E-state index < -0.39 is 40.8 Å². The van der Waals surface area contributed by atoms with Crippen molar-refractivity contribution in [1.29, 1.82) is 0 Å². The lowest BCUT2D eigenvalue weighted by Gasteiger charge is -2.13. The van der Waals surface area contributed by atoms with Crippen molar-refractivity contribution in [3.05, 3.63) is 206 Å². The number of aromatic nitrogens is 14. The Balaban J connectivity index is 0.000000154.